The molecule has 70 valence electrons. The van der Waals surface area contributed by atoms with Crippen molar-refractivity contribution in [2.45, 2.75) is 12.8 Å². The van der Waals surface area contributed by atoms with Gasteiger partial charge < -0.3 is 0 Å². The Labute approximate surface area is 85.6 Å². The first-order valence-corrected chi connectivity index (χ1v) is 5.05. The molecule has 0 fully saturated rings. The topological polar surface area (TPSA) is 12.9 Å². The van der Waals surface area contributed by atoms with Crippen LogP contribution in [0.25, 0.3) is 10.2 Å². The predicted molar refractivity (Wildman–Crippen MR) is 56.8 cm³/mol. The highest BCUT2D eigenvalue weighted by Gasteiger charge is 2.11. The second-order valence-corrected chi connectivity index (χ2v) is 4.09. The lowest BCUT2D eigenvalue weighted by Crippen LogP contribution is -1.86. The van der Waals surface area contributed by atoms with E-state index in [9.17, 15) is 4.39 Å². The summed E-state index contributed by atoms with van der Waals surface area (Å²) in [5, 5.41) is 0.799. The van der Waals surface area contributed by atoms with Crippen LogP contribution in [0.5, 0.6) is 0 Å². The first-order valence-electron chi connectivity index (χ1n) is 4.23. The normalized spacial score (nSPS) is 12.6. The van der Waals surface area contributed by atoms with Crippen LogP contribution in [0.2, 0.25) is 0 Å². The van der Waals surface area contributed by atoms with Crippen molar-refractivity contribution in [2.24, 2.45) is 0 Å². The summed E-state index contributed by atoms with van der Waals surface area (Å²) in [6.07, 6.45) is 5.29. The first kappa shape index (κ1) is 9.17. The van der Waals surface area contributed by atoms with Gasteiger partial charge in [-0.1, -0.05) is 12.0 Å². The molecule has 0 aliphatic carbocycles. The number of para-hydroxylation sites is 1. The second-order valence-electron chi connectivity index (χ2n) is 3.03. The smallest absolute Gasteiger partial charge is 0.150 e. The zero-order valence-electron chi connectivity index (χ0n) is 7.62. The second kappa shape index (κ2) is 3.39. The highest BCUT2D eigenvalue weighted by Crippen LogP contribution is 2.28. The summed E-state index contributed by atoms with van der Waals surface area (Å²) in [6.45, 7) is 1.88. The number of benzene rings is 1. The summed E-state index contributed by atoms with van der Waals surface area (Å²) in [5.41, 5.74) is 0.426. The van der Waals surface area contributed by atoms with Crippen LogP contribution in [-0.4, -0.2) is 4.98 Å². The third kappa shape index (κ3) is 1.38. The van der Waals surface area contributed by atoms with Crippen molar-refractivity contribution >= 4 is 21.6 Å². The molecule has 14 heavy (non-hydrogen) atoms. The predicted octanol–water partition coefficient (Wildman–Crippen LogP) is 3.17. The van der Waals surface area contributed by atoms with Gasteiger partial charge in [-0.3, -0.25) is 0 Å². The number of fused-ring (bicyclic) bond motifs is 1. The van der Waals surface area contributed by atoms with Crippen molar-refractivity contribution in [1.82, 2.24) is 4.98 Å². The molecular weight excluding hydrogens is 197 g/mol. The Balaban J connectivity index is 2.64. The Hall–Kier alpha value is -1.40. The number of halogens is 1. The van der Waals surface area contributed by atoms with E-state index in [4.69, 9.17) is 6.42 Å². The van der Waals surface area contributed by atoms with E-state index in [2.05, 4.69) is 10.9 Å². The van der Waals surface area contributed by atoms with E-state index in [1.165, 1.54) is 17.4 Å². The zero-order chi connectivity index (χ0) is 10.1. The molecule has 0 saturated carbocycles. The van der Waals surface area contributed by atoms with E-state index in [0.717, 1.165) is 9.71 Å². The molecule has 2 rings (SSSR count). The molecule has 1 nitrogen and oxygen atoms in total. The number of terminal acetylenes is 1. The fraction of sp³-hybridized carbons (Fsp3) is 0.182. The van der Waals surface area contributed by atoms with E-state index in [1.807, 2.05) is 13.0 Å². The van der Waals surface area contributed by atoms with Gasteiger partial charge >= 0.3 is 0 Å². The van der Waals surface area contributed by atoms with Crippen LogP contribution in [0.3, 0.4) is 0 Å². The van der Waals surface area contributed by atoms with Crippen molar-refractivity contribution in [3.8, 4) is 12.3 Å². The molecule has 1 aromatic carbocycles. The molecule has 1 heterocycles. The van der Waals surface area contributed by atoms with E-state index >= 15 is 0 Å². The van der Waals surface area contributed by atoms with Crippen LogP contribution >= 0.6 is 11.3 Å². The lowest BCUT2D eigenvalue weighted by Gasteiger charge is -1.94. The molecule has 0 aliphatic rings. The lowest BCUT2D eigenvalue weighted by atomic mass is 10.2. The van der Waals surface area contributed by atoms with E-state index in [0.29, 0.717) is 5.52 Å². The molecule has 3 heteroatoms. The van der Waals surface area contributed by atoms with Gasteiger partial charge in [-0.15, -0.1) is 17.8 Å². The standard InChI is InChI=1S/C11H8FNS/c1-3-7(2)11-13-10-8(12)5-4-6-9(10)14-11/h1,4-7H,2H3. The maximum Gasteiger partial charge on any atom is 0.150 e. The Bertz CT molecular complexity index is 509. The van der Waals surface area contributed by atoms with Crippen LogP contribution in [0.4, 0.5) is 4.39 Å². The highest BCUT2D eigenvalue weighted by atomic mass is 32.1. The Morgan fingerprint density at radius 2 is 2.36 bits per heavy atom. The van der Waals surface area contributed by atoms with E-state index < -0.39 is 0 Å². The van der Waals surface area contributed by atoms with E-state index in [1.54, 1.807) is 6.07 Å². The summed E-state index contributed by atoms with van der Waals surface area (Å²) in [6, 6.07) is 4.94. The maximum atomic E-state index is 13.3. The molecule has 0 amide bonds. The highest BCUT2D eigenvalue weighted by molar-refractivity contribution is 7.18. The minimum atomic E-state index is -0.283. The lowest BCUT2D eigenvalue weighted by molar-refractivity contribution is 0.637. The molecule has 0 aliphatic heterocycles. The molecule has 1 atom stereocenters. The minimum absolute atomic E-state index is 0.0493. The van der Waals surface area contributed by atoms with Crippen LogP contribution in [-0.2, 0) is 0 Å². The third-order valence-electron chi connectivity index (χ3n) is 2.01. The molecule has 1 aromatic heterocycles. The zero-order valence-corrected chi connectivity index (χ0v) is 8.44. The number of nitrogens with zero attached hydrogens (tertiary/aromatic N) is 1. The van der Waals surface area contributed by atoms with Gasteiger partial charge in [-0.2, -0.15) is 0 Å². The van der Waals surface area contributed by atoms with Gasteiger partial charge in [0.2, 0.25) is 0 Å². The average Bonchev–Trinajstić information content (AvgIpc) is 2.62. The van der Waals surface area contributed by atoms with Crippen molar-refractivity contribution < 1.29 is 4.39 Å². The summed E-state index contributed by atoms with van der Waals surface area (Å²) < 4.78 is 14.1. The number of hydrogen-bond acceptors (Lipinski definition) is 2. The van der Waals surface area contributed by atoms with Gasteiger partial charge in [0.15, 0.2) is 0 Å². The summed E-state index contributed by atoms with van der Waals surface area (Å²) in [5.74, 6) is 2.25. The molecule has 0 bridgehead atoms. The van der Waals surface area contributed by atoms with Gasteiger partial charge in [0.1, 0.15) is 16.3 Å². The monoisotopic (exact) mass is 205 g/mol. The number of thiazole rings is 1. The van der Waals surface area contributed by atoms with Gasteiger partial charge in [0, 0.05) is 0 Å². The fourth-order valence-electron chi connectivity index (χ4n) is 1.19. The van der Waals surface area contributed by atoms with Gasteiger partial charge in [-0.05, 0) is 19.1 Å². The Morgan fingerprint density at radius 3 is 3.00 bits per heavy atom. The molecule has 2 aromatic rings. The molecule has 0 spiro atoms. The van der Waals surface area contributed by atoms with Crippen LogP contribution in [0.1, 0.15) is 17.8 Å². The number of rotatable bonds is 1. The quantitative estimate of drug-likeness (QED) is 0.651. The van der Waals surface area contributed by atoms with E-state index in [-0.39, 0.29) is 11.7 Å². The van der Waals surface area contributed by atoms with Crippen LogP contribution in [0.15, 0.2) is 18.2 Å². The van der Waals surface area contributed by atoms with Crippen LogP contribution < -0.4 is 0 Å². The Kier molecular flexibility index (Phi) is 2.22. The first-order chi connectivity index (χ1) is 6.72. The minimum Gasteiger partial charge on any atom is -0.237 e. The van der Waals surface area contributed by atoms with Gasteiger partial charge in [-0.25, -0.2) is 9.37 Å². The van der Waals surface area contributed by atoms with Gasteiger partial charge in [0.25, 0.3) is 0 Å². The molecule has 1 unspecified atom stereocenters. The van der Waals surface area contributed by atoms with Crippen molar-refractivity contribution in [3.63, 3.8) is 0 Å². The molecular formula is C11H8FNS. The van der Waals surface area contributed by atoms with Crippen molar-refractivity contribution in [3.05, 3.63) is 29.0 Å². The number of aromatic nitrogens is 1. The maximum absolute atomic E-state index is 13.3. The third-order valence-corrected chi connectivity index (χ3v) is 3.21. The van der Waals surface area contributed by atoms with Crippen LogP contribution in [0, 0.1) is 18.2 Å². The fourth-order valence-corrected chi connectivity index (χ4v) is 2.18. The number of hydrogen-bond donors (Lipinski definition) is 0. The molecule has 0 saturated heterocycles. The molecule has 0 N–H and O–H groups in total. The largest absolute Gasteiger partial charge is 0.237 e. The summed E-state index contributed by atoms with van der Waals surface area (Å²) >= 11 is 1.45. The van der Waals surface area contributed by atoms with Gasteiger partial charge in [0.05, 0.1) is 10.6 Å². The SMILES string of the molecule is C#CC(C)c1nc2c(F)cccc2s1. The summed E-state index contributed by atoms with van der Waals surface area (Å²) in [4.78, 5) is 4.18. The van der Waals surface area contributed by atoms with Crippen molar-refractivity contribution in [2.75, 3.05) is 0 Å². The average molecular weight is 205 g/mol. The Morgan fingerprint density at radius 1 is 1.57 bits per heavy atom. The molecule has 0 radical (unpaired) electrons. The summed E-state index contributed by atoms with van der Waals surface area (Å²) in [7, 11) is 0. The van der Waals surface area contributed by atoms with Crippen molar-refractivity contribution in [1.29, 1.82) is 0 Å².